The van der Waals surface area contributed by atoms with Crippen molar-refractivity contribution in [2.75, 3.05) is 46.4 Å². The molecule has 0 spiro atoms. The zero-order valence-electron chi connectivity index (χ0n) is 21.5. The SMILES string of the molecule is CCOC(=O)C1=C(CN2CCCN(S(=O)(=O)c3ccccc3)CC2)N(C)C(=O)N[C@@H]1c1cccc(C)c1. The summed E-state index contributed by atoms with van der Waals surface area (Å²) in [4.78, 5) is 30.0. The summed E-state index contributed by atoms with van der Waals surface area (Å²) >= 11 is 0. The van der Waals surface area contributed by atoms with Gasteiger partial charge in [-0.05, 0) is 44.5 Å². The Morgan fingerprint density at radius 3 is 2.51 bits per heavy atom. The van der Waals surface area contributed by atoms with Crippen molar-refractivity contribution in [3.8, 4) is 0 Å². The fourth-order valence-corrected chi connectivity index (χ4v) is 6.29. The summed E-state index contributed by atoms with van der Waals surface area (Å²) in [6.45, 7) is 6.06. The maximum Gasteiger partial charge on any atom is 0.338 e. The van der Waals surface area contributed by atoms with Crippen LogP contribution in [0.4, 0.5) is 4.79 Å². The number of rotatable bonds is 7. The number of esters is 1. The van der Waals surface area contributed by atoms with Gasteiger partial charge in [-0.25, -0.2) is 18.0 Å². The minimum atomic E-state index is -3.60. The summed E-state index contributed by atoms with van der Waals surface area (Å²) in [5, 5.41) is 2.95. The van der Waals surface area contributed by atoms with Gasteiger partial charge in [-0.2, -0.15) is 4.31 Å². The van der Waals surface area contributed by atoms with Crippen LogP contribution >= 0.6 is 0 Å². The number of benzene rings is 2. The quantitative estimate of drug-likeness (QED) is 0.557. The van der Waals surface area contributed by atoms with Gasteiger partial charge in [-0.15, -0.1) is 0 Å². The highest BCUT2D eigenvalue weighted by molar-refractivity contribution is 7.89. The molecule has 1 atom stereocenters. The highest BCUT2D eigenvalue weighted by Gasteiger charge is 2.38. The number of hydrogen-bond donors (Lipinski definition) is 1. The highest BCUT2D eigenvalue weighted by Crippen LogP contribution is 2.32. The van der Waals surface area contributed by atoms with Crippen molar-refractivity contribution in [2.45, 2.75) is 31.2 Å². The van der Waals surface area contributed by atoms with Gasteiger partial charge in [0.25, 0.3) is 0 Å². The number of sulfonamides is 1. The molecular weight excluding hydrogens is 492 g/mol. The predicted molar refractivity (Wildman–Crippen MR) is 140 cm³/mol. The third-order valence-corrected chi connectivity index (χ3v) is 8.66. The zero-order chi connectivity index (χ0) is 26.6. The molecule has 9 nitrogen and oxygen atoms in total. The van der Waals surface area contributed by atoms with Crippen LogP contribution in [0, 0.1) is 6.92 Å². The third kappa shape index (κ3) is 5.87. The van der Waals surface area contributed by atoms with E-state index in [4.69, 9.17) is 4.74 Å². The number of nitrogens with one attached hydrogen (secondary N) is 1. The molecule has 1 fully saturated rings. The Kier molecular flexibility index (Phi) is 8.31. The van der Waals surface area contributed by atoms with Gasteiger partial charge in [0.2, 0.25) is 10.0 Å². The molecule has 2 aliphatic rings. The molecular formula is C27H34N4O5S. The molecule has 2 aliphatic heterocycles. The maximum absolute atomic E-state index is 13.2. The molecule has 1 saturated heterocycles. The van der Waals surface area contributed by atoms with Gasteiger partial charge < -0.3 is 10.1 Å². The summed E-state index contributed by atoms with van der Waals surface area (Å²) in [5.74, 6) is -0.473. The largest absolute Gasteiger partial charge is 0.463 e. The Balaban J connectivity index is 1.62. The minimum Gasteiger partial charge on any atom is -0.463 e. The van der Waals surface area contributed by atoms with Crippen LogP contribution in [-0.2, 0) is 19.6 Å². The third-order valence-electron chi connectivity index (χ3n) is 6.75. The van der Waals surface area contributed by atoms with Gasteiger partial charge in [-0.1, -0.05) is 48.0 Å². The Morgan fingerprint density at radius 1 is 1.05 bits per heavy atom. The van der Waals surface area contributed by atoms with Crippen molar-refractivity contribution in [3.05, 3.63) is 77.0 Å². The molecule has 10 heteroatoms. The summed E-state index contributed by atoms with van der Waals surface area (Å²) in [6.07, 6.45) is 0.630. The number of hydrogen-bond acceptors (Lipinski definition) is 6. The minimum absolute atomic E-state index is 0.212. The van der Waals surface area contributed by atoms with Crippen molar-refractivity contribution >= 4 is 22.0 Å². The van der Waals surface area contributed by atoms with Crippen LogP contribution in [0.5, 0.6) is 0 Å². The van der Waals surface area contributed by atoms with Crippen molar-refractivity contribution in [3.63, 3.8) is 0 Å². The summed E-state index contributed by atoms with van der Waals surface area (Å²) in [5.41, 5.74) is 2.78. The number of aryl methyl sites for hydroxylation is 1. The molecule has 0 saturated carbocycles. The van der Waals surface area contributed by atoms with Crippen molar-refractivity contribution in [1.82, 2.24) is 19.4 Å². The van der Waals surface area contributed by atoms with E-state index >= 15 is 0 Å². The molecule has 0 unspecified atom stereocenters. The second-order valence-corrected chi connectivity index (χ2v) is 11.2. The number of ether oxygens (including phenoxy) is 1. The van der Waals surface area contributed by atoms with E-state index in [-0.39, 0.29) is 17.5 Å². The van der Waals surface area contributed by atoms with Crippen LogP contribution in [-0.4, -0.2) is 80.9 Å². The number of urea groups is 1. The second-order valence-electron chi connectivity index (χ2n) is 9.28. The molecule has 37 heavy (non-hydrogen) atoms. The van der Waals surface area contributed by atoms with Gasteiger partial charge in [0.05, 0.1) is 23.1 Å². The molecule has 1 N–H and O–H groups in total. The Morgan fingerprint density at radius 2 is 1.81 bits per heavy atom. The van der Waals surface area contributed by atoms with E-state index in [0.717, 1.165) is 11.1 Å². The zero-order valence-corrected chi connectivity index (χ0v) is 22.3. The van der Waals surface area contributed by atoms with Crippen molar-refractivity contribution in [1.29, 1.82) is 0 Å². The van der Waals surface area contributed by atoms with E-state index < -0.39 is 22.0 Å². The van der Waals surface area contributed by atoms with Crippen LogP contribution < -0.4 is 5.32 Å². The lowest BCUT2D eigenvalue weighted by Crippen LogP contribution is -2.49. The van der Waals surface area contributed by atoms with Gasteiger partial charge in [0, 0.05) is 38.9 Å². The van der Waals surface area contributed by atoms with Crippen LogP contribution in [0.2, 0.25) is 0 Å². The molecule has 0 aromatic heterocycles. The molecule has 2 aromatic carbocycles. The van der Waals surface area contributed by atoms with E-state index in [0.29, 0.717) is 50.4 Å². The highest BCUT2D eigenvalue weighted by atomic mass is 32.2. The number of likely N-dealkylation sites (N-methyl/N-ethyl adjacent to an activating group) is 1. The van der Waals surface area contributed by atoms with E-state index in [2.05, 4.69) is 10.2 Å². The monoisotopic (exact) mass is 526 g/mol. The Labute approximate surface area is 218 Å². The number of carbonyl (C=O) groups is 2. The molecule has 0 aliphatic carbocycles. The Bertz CT molecular complexity index is 1280. The number of amides is 2. The second kappa shape index (κ2) is 11.5. The lowest BCUT2D eigenvalue weighted by molar-refractivity contribution is -0.139. The first-order valence-corrected chi connectivity index (χ1v) is 13.9. The molecule has 0 bridgehead atoms. The van der Waals surface area contributed by atoms with Gasteiger partial charge in [0.1, 0.15) is 0 Å². The lowest BCUT2D eigenvalue weighted by atomic mass is 9.93. The predicted octanol–water partition coefficient (Wildman–Crippen LogP) is 2.90. The van der Waals surface area contributed by atoms with Crippen LogP contribution in [0.1, 0.15) is 30.5 Å². The average Bonchev–Trinajstić information content (AvgIpc) is 3.13. The molecule has 2 aromatic rings. The molecule has 0 radical (unpaired) electrons. The van der Waals surface area contributed by atoms with Crippen molar-refractivity contribution < 1.29 is 22.7 Å². The van der Waals surface area contributed by atoms with E-state index in [1.807, 2.05) is 31.2 Å². The van der Waals surface area contributed by atoms with Gasteiger partial charge >= 0.3 is 12.0 Å². The topological polar surface area (TPSA) is 99.3 Å². The lowest BCUT2D eigenvalue weighted by Gasteiger charge is -2.36. The molecule has 2 heterocycles. The molecule has 198 valence electrons. The van der Waals surface area contributed by atoms with Gasteiger partial charge in [0.15, 0.2) is 0 Å². The van der Waals surface area contributed by atoms with E-state index in [9.17, 15) is 18.0 Å². The number of nitrogens with zero attached hydrogens (tertiary/aromatic N) is 3. The summed E-state index contributed by atoms with van der Waals surface area (Å²) in [6, 6.07) is 15.2. The van der Waals surface area contributed by atoms with Gasteiger partial charge in [-0.3, -0.25) is 9.80 Å². The van der Waals surface area contributed by atoms with Crippen LogP contribution in [0.3, 0.4) is 0 Å². The first-order valence-electron chi connectivity index (χ1n) is 12.5. The standard InChI is InChI=1S/C27H34N4O5S/c1-4-36-26(32)24-23(29(3)27(33)28-25(24)21-11-8-10-20(2)18-21)19-30-14-9-15-31(17-16-30)37(34,35)22-12-6-5-7-13-22/h5-8,10-13,18,25H,4,9,14-17,19H2,1-3H3,(H,28,33)/t25-/m1/s1. The normalized spacial score (nSPS) is 19.9. The molecule has 4 rings (SSSR count). The van der Waals surface area contributed by atoms with E-state index in [1.54, 1.807) is 44.3 Å². The maximum atomic E-state index is 13.2. The smallest absolute Gasteiger partial charge is 0.338 e. The summed E-state index contributed by atoms with van der Waals surface area (Å²) < 4.78 is 33.2. The van der Waals surface area contributed by atoms with E-state index in [1.165, 1.54) is 9.21 Å². The number of carbonyl (C=O) groups excluding carboxylic acids is 2. The summed E-state index contributed by atoms with van der Waals surface area (Å²) in [7, 11) is -1.96. The Hall–Kier alpha value is -3.21. The average molecular weight is 527 g/mol. The fourth-order valence-electron chi connectivity index (χ4n) is 4.80. The van der Waals surface area contributed by atoms with Crippen LogP contribution in [0.25, 0.3) is 0 Å². The van der Waals surface area contributed by atoms with Crippen LogP contribution in [0.15, 0.2) is 70.8 Å². The molecule has 2 amide bonds. The first kappa shape index (κ1) is 26.8. The first-order chi connectivity index (χ1) is 17.7. The fraction of sp³-hybridized carbons (Fsp3) is 0.407. The van der Waals surface area contributed by atoms with Crippen molar-refractivity contribution in [2.24, 2.45) is 0 Å².